The van der Waals surface area contributed by atoms with Crippen molar-refractivity contribution in [2.75, 3.05) is 6.54 Å². The second-order valence-electron chi connectivity index (χ2n) is 3.97. The Morgan fingerprint density at radius 2 is 2.12 bits per heavy atom. The summed E-state index contributed by atoms with van der Waals surface area (Å²) in [7, 11) is 0. The fourth-order valence-electron chi connectivity index (χ4n) is 2.21. The van der Waals surface area contributed by atoms with E-state index in [2.05, 4.69) is 5.32 Å². The van der Waals surface area contributed by atoms with E-state index >= 15 is 0 Å². The Balaban J connectivity index is 2.08. The van der Waals surface area contributed by atoms with Gasteiger partial charge >= 0.3 is 0 Å². The summed E-state index contributed by atoms with van der Waals surface area (Å²) in [4.78, 5) is 0. The highest BCUT2D eigenvalue weighted by molar-refractivity contribution is 5.34. The first-order chi connectivity index (χ1) is 7.86. The molecule has 3 heteroatoms. The lowest BCUT2D eigenvalue weighted by Gasteiger charge is -2.23. The molecule has 0 radical (unpaired) electrons. The lowest BCUT2D eigenvalue weighted by atomic mass is 9.96. The molecule has 3 rings (SSSR count). The molecule has 1 aliphatic heterocycles. The van der Waals surface area contributed by atoms with Gasteiger partial charge in [0.25, 0.3) is 0 Å². The first-order valence-electron chi connectivity index (χ1n) is 5.40. The van der Waals surface area contributed by atoms with Crippen molar-refractivity contribution in [1.29, 1.82) is 0 Å². The highest BCUT2D eigenvalue weighted by Gasteiger charge is 2.26. The quantitative estimate of drug-likeness (QED) is 0.794. The highest BCUT2D eigenvalue weighted by atomic mass is 19.1. The van der Waals surface area contributed by atoms with Gasteiger partial charge in [-0.05, 0) is 24.1 Å². The van der Waals surface area contributed by atoms with Crippen LogP contribution in [0.3, 0.4) is 0 Å². The second-order valence-corrected chi connectivity index (χ2v) is 3.97. The molecule has 0 aliphatic carbocycles. The molecule has 16 heavy (non-hydrogen) atoms. The molecular formula is C13H12FNO. The molecule has 1 aromatic heterocycles. The maximum absolute atomic E-state index is 13.7. The van der Waals surface area contributed by atoms with Gasteiger partial charge in [0.15, 0.2) is 0 Å². The second kappa shape index (κ2) is 3.76. The first-order valence-corrected chi connectivity index (χ1v) is 5.40. The van der Waals surface area contributed by atoms with Crippen LogP contribution in [0.25, 0.3) is 0 Å². The highest BCUT2D eigenvalue weighted by Crippen LogP contribution is 2.30. The molecule has 0 amide bonds. The molecule has 1 N–H and O–H groups in total. The van der Waals surface area contributed by atoms with Gasteiger partial charge in [-0.3, -0.25) is 0 Å². The molecule has 1 atom stereocenters. The van der Waals surface area contributed by atoms with Gasteiger partial charge in [0, 0.05) is 12.1 Å². The van der Waals surface area contributed by atoms with Crippen molar-refractivity contribution in [3.63, 3.8) is 0 Å². The molecule has 82 valence electrons. The summed E-state index contributed by atoms with van der Waals surface area (Å²) in [5, 5.41) is 3.28. The molecule has 1 aliphatic rings. The van der Waals surface area contributed by atoms with Crippen LogP contribution in [0.2, 0.25) is 0 Å². The smallest absolute Gasteiger partial charge is 0.128 e. The van der Waals surface area contributed by atoms with Gasteiger partial charge in [0.1, 0.15) is 11.6 Å². The lowest BCUT2D eigenvalue weighted by Crippen LogP contribution is -2.30. The van der Waals surface area contributed by atoms with Gasteiger partial charge in [-0.15, -0.1) is 0 Å². The first kappa shape index (κ1) is 9.60. The molecule has 0 bridgehead atoms. The Bertz CT molecular complexity index is 506. The van der Waals surface area contributed by atoms with Crippen molar-refractivity contribution < 1.29 is 8.81 Å². The third-order valence-corrected chi connectivity index (χ3v) is 3.00. The number of rotatable bonds is 1. The zero-order valence-electron chi connectivity index (χ0n) is 8.74. The third kappa shape index (κ3) is 1.44. The van der Waals surface area contributed by atoms with E-state index in [1.54, 1.807) is 18.4 Å². The van der Waals surface area contributed by atoms with Crippen LogP contribution < -0.4 is 5.32 Å². The van der Waals surface area contributed by atoms with Crippen LogP contribution >= 0.6 is 0 Å². The number of halogens is 1. The van der Waals surface area contributed by atoms with Crippen molar-refractivity contribution >= 4 is 0 Å². The minimum atomic E-state index is -0.191. The average Bonchev–Trinajstić information content (AvgIpc) is 2.77. The molecule has 0 fully saturated rings. The van der Waals surface area contributed by atoms with E-state index in [1.165, 1.54) is 11.6 Å². The predicted molar refractivity (Wildman–Crippen MR) is 58.7 cm³/mol. The van der Waals surface area contributed by atoms with Crippen LogP contribution in [0.15, 0.2) is 41.0 Å². The number of fused-ring (bicyclic) bond motifs is 1. The number of furan rings is 1. The molecule has 0 saturated carbocycles. The fourth-order valence-corrected chi connectivity index (χ4v) is 2.21. The molecule has 0 saturated heterocycles. The van der Waals surface area contributed by atoms with Gasteiger partial charge in [-0.1, -0.05) is 18.2 Å². The van der Waals surface area contributed by atoms with Gasteiger partial charge in [0.2, 0.25) is 0 Å². The lowest BCUT2D eigenvalue weighted by molar-refractivity contribution is 0.416. The molecule has 0 spiro atoms. The third-order valence-electron chi connectivity index (χ3n) is 3.00. The zero-order valence-corrected chi connectivity index (χ0v) is 8.74. The maximum Gasteiger partial charge on any atom is 0.128 e. The summed E-state index contributed by atoms with van der Waals surface area (Å²) >= 11 is 0. The van der Waals surface area contributed by atoms with E-state index in [9.17, 15) is 4.39 Å². The number of nitrogens with one attached hydrogen (secondary N) is 1. The molecule has 1 aromatic carbocycles. The number of hydrogen-bond donors (Lipinski definition) is 1. The molecule has 2 nitrogen and oxygen atoms in total. The van der Waals surface area contributed by atoms with E-state index in [-0.39, 0.29) is 11.9 Å². The van der Waals surface area contributed by atoms with Crippen LogP contribution in [0, 0.1) is 5.82 Å². The molecule has 2 aromatic rings. The molecule has 1 unspecified atom stereocenters. The summed E-state index contributed by atoms with van der Waals surface area (Å²) in [5.41, 5.74) is 1.82. The Kier molecular flexibility index (Phi) is 2.26. The topological polar surface area (TPSA) is 25.2 Å². The van der Waals surface area contributed by atoms with Gasteiger partial charge in [-0.2, -0.15) is 0 Å². The van der Waals surface area contributed by atoms with Crippen LogP contribution in [0.4, 0.5) is 4.39 Å². The Morgan fingerprint density at radius 3 is 3.00 bits per heavy atom. The standard InChI is InChI=1S/C13H12FNO/c14-11-4-2-1-3-10(11)12-13-9(5-7-15-12)6-8-16-13/h1-4,6,8,12,15H,5,7H2. The zero-order chi connectivity index (χ0) is 11.0. The largest absolute Gasteiger partial charge is 0.467 e. The van der Waals surface area contributed by atoms with Gasteiger partial charge in [0.05, 0.1) is 12.3 Å². The maximum atomic E-state index is 13.7. The SMILES string of the molecule is Fc1ccccc1C1NCCc2ccoc21. The average molecular weight is 217 g/mol. The van der Waals surface area contributed by atoms with Crippen molar-refractivity contribution in [2.24, 2.45) is 0 Å². The van der Waals surface area contributed by atoms with Crippen LogP contribution in [0.5, 0.6) is 0 Å². The molecular weight excluding hydrogens is 205 g/mol. The predicted octanol–water partition coefficient (Wildman–Crippen LogP) is 2.65. The fraction of sp³-hybridized carbons (Fsp3) is 0.231. The van der Waals surface area contributed by atoms with Gasteiger partial charge in [-0.25, -0.2) is 4.39 Å². The summed E-state index contributed by atoms with van der Waals surface area (Å²) in [6, 6.07) is 8.63. The molecule has 2 heterocycles. The van der Waals surface area contributed by atoms with Crippen molar-refractivity contribution in [3.8, 4) is 0 Å². The summed E-state index contributed by atoms with van der Waals surface area (Å²) < 4.78 is 19.1. The van der Waals surface area contributed by atoms with Crippen molar-refractivity contribution in [2.45, 2.75) is 12.5 Å². The van der Waals surface area contributed by atoms with E-state index in [1.807, 2.05) is 12.1 Å². The Hall–Kier alpha value is -1.61. The minimum Gasteiger partial charge on any atom is -0.467 e. The van der Waals surface area contributed by atoms with Crippen LogP contribution in [-0.4, -0.2) is 6.54 Å². The van der Waals surface area contributed by atoms with Crippen molar-refractivity contribution in [3.05, 3.63) is 59.3 Å². The van der Waals surface area contributed by atoms with Crippen LogP contribution in [-0.2, 0) is 6.42 Å². The van der Waals surface area contributed by atoms with E-state index in [4.69, 9.17) is 4.42 Å². The summed E-state index contributed by atoms with van der Waals surface area (Å²) in [6.45, 7) is 0.853. The number of hydrogen-bond acceptors (Lipinski definition) is 2. The van der Waals surface area contributed by atoms with Crippen molar-refractivity contribution in [1.82, 2.24) is 5.32 Å². The van der Waals surface area contributed by atoms with E-state index < -0.39 is 0 Å². The minimum absolute atomic E-state index is 0.153. The monoisotopic (exact) mass is 217 g/mol. The normalized spacial score (nSPS) is 19.4. The van der Waals surface area contributed by atoms with E-state index in [0.29, 0.717) is 5.56 Å². The van der Waals surface area contributed by atoms with E-state index in [0.717, 1.165) is 18.7 Å². The van der Waals surface area contributed by atoms with Gasteiger partial charge < -0.3 is 9.73 Å². The van der Waals surface area contributed by atoms with Crippen LogP contribution in [0.1, 0.15) is 22.9 Å². The summed E-state index contributed by atoms with van der Waals surface area (Å²) in [6.07, 6.45) is 2.61. The summed E-state index contributed by atoms with van der Waals surface area (Å²) in [5.74, 6) is 0.653. The number of benzene rings is 1. The Labute approximate surface area is 93.1 Å². The Morgan fingerprint density at radius 1 is 1.25 bits per heavy atom.